The zero-order chi connectivity index (χ0) is 13.7. The van der Waals surface area contributed by atoms with Crippen molar-refractivity contribution in [3.63, 3.8) is 0 Å². The van der Waals surface area contributed by atoms with Gasteiger partial charge >= 0.3 is 11.7 Å². The monoisotopic (exact) mass is 251 g/mol. The molecule has 1 N–H and O–H groups in total. The van der Waals surface area contributed by atoms with Crippen molar-refractivity contribution in [3.8, 4) is 5.75 Å². The lowest BCUT2D eigenvalue weighted by Crippen LogP contribution is -1.98. The molecule has 0 fully saturated rings. The Morgan fingerprint density at radius 1 is 1.44 bits per heavy atom. The lowest BCUT2D eigenvalue weighted by atomic mass is 10.1. The summed E-state index contributed by atoms with van der Waals surface area (Å²) in [5, 5.41) is 19.3. The van der Waals surface area contributed by atoms with E-state index in [0.717, 1.165) is 18.2 Å². The zero-order valence-corrected chi connectivity index (χ0v) is 9.32. The number of nitrogens with zero attached hydrogens (tertiary/aromatic N) is 1. The third-order valence-electron chi connectivity index (χ3n) is 2.11. The van der Waals surface area contributed by atoms with Crippen LogP contribution in [-0.2, 0) is 4.79 Å². The highest BCUT2D eigenvalue weighted by molar-refractivity contribution is 5.90. The second kappa shape index (κ2) is 5.58. The first kappa shape index (κ1) is 13.4. The Bertz CT molecular complexity index is 535. The van der Waals surface area contributed by atoms with Gasteiger partial charge in [0.2, 0.25) is 0 Å². The van der Waals surface area contributed by atoms with Crippen LogP contribution in [-0.4, -0.2) is 29.4 Å². The number of ether oxygens (including phenoxy) is 1. The van der Waals surface area contributed by atoms with E-state index in [4.69, 9.17) is 9.84 Å². The molecule has 0 aliphatic rings. The molecule has 0 aromatic heterocycles. The Hall–Kier alpha value is -2.70. The van der Waals surface area contributed by atoms with Gasteiger partial charge in [0.1, 0.15) is 0 Å². The van der Waals surface area contributed by atoms with E-state index in [9.17, 15) is 19.7 Å². The van der Waals surface area contributed by atoms with Gasteiger partial charge in [0, 0.05) is 17.7 Å². The molecule has 0 aliphatic carbocycles. The molecule has 0 saturated carbocycles. The van der Waals surface area contributed by atoms with Crippen molar-refractivity contribution in [1.82, 2.24) is 0 Å². The summed E-state index contributed by atoms with van der Waals surface area (Å²) in [6.45, 7) is 0. The van der Waals surface area contributed by atoms with Gasteiger partial charge in [0.15, 0.2) is 12.0 Å². The summed E-state index contributed by atoms with van der Waals surface area (Å²) >= 11 is 0. The summed E-state index contributed by atoms with van der Waals surface area (Å²) in [6, 6.07) is 2.27. The van der Waals surface area contributed by atoms with Crippen molar-refractivity contribution in [2.24, 2.45) is 0 Å². The van der Waals surface area contributed by atoms with E-state index in [2.05, 4.69) is 0 Å². The summed E-state index contributed by atoms with van der Waals surface area (Å²) in [7, 11) is 1.24. The predicted octanol–water partition coefficient (Wildman–Crippen LogP) is 1.51. The number of carbonyl (C=O) groups is 2. The molecule has 1 aromatic rings. The number of carbonyl (C=O) groups excluding carboxylic acids is 1. The van der Waals surface area contributed by atoms with E-state index in [1.54, 1.807) is 0 Å². The van der Waals surface area contributed by atoms with Gasteiger partial charge in [-0.3, -0.25) is 14.9 Å². The molecule has 0 aliphatic heterocycles. The number of methoxy groups -OCH3 is 1. The van der Waals surface area contributed by atoms with Gasteiger partial charge in [-0.25, -0.2) is 4.79 Å². The Morgan fingerprint density at radius 2 is 2.11 bits per heavy atom. The summed E-state index contributed by atoms with van der Waals surface area (Å²) < 4.78 is 4.79. The number of hydrogen-bond donors (Lipinski definition) is 1. The lowest BCUT2D eigenvalue weighted by Gasteiger charge is -2.05. The number of rotatable bonds is 5. The number of nitro groups is 1. The van der Waals surface area contributed by atoms with E-state index in [1.807, 2.05) is 0 Å². The number of carboxylic acids is 1. The van der Waals surface area contributed by atoms with E-state index in [0.29, 0.717) is 6.29 Å². The molecule has 18 heavy (non-hydrogen) atoms. The summed E-state index contributed by atoms with van der Waals surface area (Å²) in [4.78, 5) is 31.3. The Balaban J connectivity index is 3.40. The maximum Gasteiger partial charge on any atom is 0.328 e. The van der Waals surface area contributed by atoms with E-state index in [1.165, 1.54) is 13.2 Å². The van der Waals surface area contributed by atoms with Crippen molar-refractivity contribution in [2.45, 2.75) is 0 Å². The van der Waals surface area contributed by atoms with Crippen molar-refractivity contribution in [2.75, 3.05) is 7.11 Å². The predicted molar refractivity (Wildman–Crippen MR) is 61.7 cm³/mol. The number of hydrogen-bond acceptors (Lipinski definition) is 5. The van der Waals surface area contributed by atoms with Crippen molar-refractivity contribution in [3.05, 3.63) is 39.4 Å². The molecule has 7 heteroatoms. The maximum atomic E-state index is 10.8. The number of carboxylic acid groups (broad SMARTS) is 1. The van der Waals surface area contributed by atoms with Gasteiger partial charge < -0.3 is 9.84 Å². The van der Waals surface area contributed by atoms with Crippen LogP contribution < -0.4 is 4.74 Å². The number of aliphatic carboxylic acids is 1. The van der Waals surface area contributed by atoms with Crippen LogP contribution in [0, 0.1) is 10.1 Å². The Labute approximate surface area is 101 Å². The number of nitro benzene ring substituents is 1. The lowest BCUT2D eigenvalue weighted by molar-refractivity contribution is -0.385. The Morgan fingerprint density at radius 3 is 2.56 bits per heavy atom. The largest absolute Gasteiger partial charge is 0.490 e. The standard InChI is InChI=1S/C11H9NO6/c1-18-10-5-8(6-13)7(2-3-11(14)15)4-9(10)12(16)17/h2-6H,1H3,(H,14,15)/b3-2+. The third kappa shape index (κ3) is 2.91. The second-order valence-electron chi connectivity index (χ2n) is 3.20. The normalized spacial score (nSPS) is 10.3. The molecule has 0 spiro atoms. The highest BCUT2D eigenvalue weighted by Gasteiger charge is 2.17. The minimum absolute atomic E-state index is 0.0606. The molecule has 1 aromatic carbocycles. The maximum absolute atomic E-state index is 10.8. The fraction of sp³-hybridized carbons (Fsp3) is 0.0909. The molecule has 94 valence electrons. The van der Waals surface area contributed by atoms with Gasteiger partial charge in [-0.05, 0) is 17.7 Å². The minimum atomic E-state index is -1.22. The molecule has 1 rings (SSSR count). The van der Waals surface area contributed by atoms with Crippen LogP contribution >= 0.6 is 0 Å². The number of aldehydes is 1. The molecule has 0 saturated heterocycles. The van der Waals surface area contributed by atoms with Crippen LogP contribution in [0.3, 0.4) is 0 Å². The zero-order valence-electron chi connectivity index (χ0n) is 9.32. The highest BCUT2D eigenvalue weighted by Crippen LogP contribution is 2.30. The first-order valence-corrected chi connectivity index (χ1v) is 4.72. The smallest absolute Gasteiger partial charge is 0.328 e. The SMILES string of the molecule is COc1cc(C=O)c(/C=C/C(=O)O)cc1[N+](=O)[O-]. The average molecular weight is 251 g/mol. The topological polar surface area (TPSA) is 107 Å². The van der Waals surface area contributed by atoms with E-state index in [-0.39, 0.29) is 22.6 Å². The molecular formula is C11H9NO6. The second-order valence-corrected chi connectivity index (χ2v) is 3.20. The fourth-order valence-corrected chi connectivity index (χ4v) is 1.31. The van der Waals surface area contributed by atoms with Gasteiger partial charge in [-0.1, -0.05) is 0 Å². The summed E-state index contributed by atoms with van der Waals surface area (Å²) in [5.74, 6) is -1.28. The molecule has 0 bridgehead atoms. The van der Waals surface area contributed by atoms with Gasteiger partial charge in [0.25, 0.3) is 0 Å². The van der Waals surface area contributed by atoms with Crippen molar-refractivity contribution < 1.29 is 24.4 Å². The molecular weight excluding hydrogens is 242 g/mol. The quantitative estimate of drug-likeness (QED) is 0.368. The third-order valence-corrected chi connectivity index (χ3v) is 2.11. The average Bonchev–Trinajstić information content (AvgIpc) is 2.34. The molecule has 0 unspecified atom stereocenters. The minimum Gasteiger partial charge on any atom is -0.490 e. The highest BCUT2D eigenvalue weighted by atomic mass is 16.6. The number of benzene rings is 1. The molecule has 0 amide bonds. The molecule has 7 nitrogen and oxygen atoms in total. The molecule has 0 heterocycles. The van der Waals surface area contributed by atoms with E-state index >= 15 is 0 Å². The van der Waals surface area contributed by atoms with E-state index < -0.39 is 10.9 Å². The van der Waals surface area contributed by atoms with Crippen molar-refractivity contribution in [1.29, 1.82) is 0 Å². The first-order chi connectivity index (χ1) is 8.49. The van der Waals surface area contributed by atoms with Gasteiger partial charge in [0.05, 0.1) is 12.0 Å². The van der Waals surface area contributed by atoms with Gasteiger partial charge in [-0.15, -0.1) is 0 Å². The van der Waals surface area contributed by atoms with Gasteiger partial charge in [-0.2, -0.15) is 0 Å². The van der Waals surface area contributed by atoms with Crippen LogP contribution in [0.5, 0.6) is 5.75 Å². The summed E-state index contributed by atoms with van der Waals surface area (Å²) in [6.07, 6.45) is 2.37. The Kier molecular flexibility index (Phi) is 4.14. The fourth-order valence-electron chi connectivity index (χ4n) is 1.31. The molecule has 0 radical (unpaired) electrons. The first-order valence-electron chi connectivity index (χ1n) is 4.72. The van der Waals surface area contributed by atoms with Crippen LogP contribution in [0.2, 0.25) is 0 Å². The van der Waals surface area contributed by atoms with Crippen LogP contribution in [0.1, 0.15) is 15.9 Å². The summed E-state index contributed by atoms with van der Waals surface area (Å²) in [5.41, 5.74) is -0.0945. The van der Waals surface area contributed by atoms with Crippen LogP contribution in [0.15, 0.2) is 18.2 Å². The molecule has 0 atom stereocenters. The van der Waals surface area contributed by atoms with Crippen LogP contribution in [0.25, 0.3) is 6.08 Å². The van der Waals surface area contributed by atoms with Crippen LogP contribution in [0.4, 0.5) is 5.69 Å². The van der Waals surface area contributed by atoms with Crippen molar-refractivity contribution >= 4 is 24.0 Å².